The third kappa shape index (κ3) is 3.10. The molecule has 1 amide bonds. The predicted octanol–water partition coefficient (Wildman–Crippen LogP) is 3.84. The molecule has 2 aromatic rings. The minimum absolute atomic E-state index is 0.0233. The number of aliphatic carboxylic acids is 1. The number of rotatable bonds is 4. The number of aromatic nitrogens is 2. The maximum atomic E-state index is 13.3. The van der Waals surface area contributed by atoms with Gasteiger partial charge in [0.2, 0.25) is 5.91 Å². The molecule has 7 nitrogen and oxygen atoms in total. The number of thiophene rings is 1. The van der Waals surface area contributed by atoms with E-state index in [2.05, 4.69) is 15.5 Å². The van der Waals surface area contributed by atoms with Crippen LogP contribution in [0.2, 0.25) is 0 Å². The largest absolute Gasteiger partial charge is 0.481 e. The lowest BCUT2D eigenvalue weighted by Crippen LogP contribution is -2.47. The van der Waals surface area contributed by atoms with E-state index in [0.717, 1.165) is 44.1 Å². The minimum Gasteiger partial charge on any atom is -0.481 e. The number of nitrogens with zero attached hydrogens (tertiary/aromatic N) is 2. The molecule has 2 heterocycles. The fourth-order valence-electron chi connectivity index (χ4n) is 5.16. The second-order valence-electron chi connectivity index (χ2n) is 8.23. The number of carbonyl (C=O) groups is 2. The smallest absolute Gasteiger partial charge is 0.307 e. The Kier molecular flexibility index (Phi) is 4.53. The van der Waals surface area contributed by atoms with E-state index >= 15 is 0 Å². The van der Waals surface area contributed by atoms with E-state index in [4.69, 9.17) is 4.52 Å². The van der Waals surface area contributed by atoms with Crippen LogP contribution in [0.4, 0.5) is 5.00 Å². The van der Waals surface area contributed by atoms with Gasteiger partial charge in [0.05, 0.1) is 17.4 Å². The molecule has 2 bridgehead atoms. The molecule has 0 spiro atoms. The molecule has 4 aliphatic carbocycles. The number of anilines is 1. The van der Waals surface area contributed by atoms with Crippen molar-refractivity contribution >= 4 is 28.2 Å². The summed E-state index contributed by atoms with van der Waals surface area (Å²) in [6.45, 7) is 1.77. The molecule has 152 valence electrons. The van der Waals surface area contributed by atoms with Crippen molar-refractivity contribution in [2.45, 2.75) is 45.4 Å². The van der Waals surface area contributed by atoms with Crippen LogP contribution in [0.1, 0.15) is 41.9 Å². The van der Waals surface area contributed by atoms with Crippen molar-refractivity contribution in [3.05, 3.63) is 28.4 Å². The Morgan fingerprint density at radius 1 is 1.17 bits per heavy atom. The van der Waals surface area contributed by atoms with Crippen molar-refractivity contribution < 1.29 is 19.2 Å². The third-order valence-corrected chi connectivity index (χ3v) is 7.69. The van der Waals surface area contributed by atoms with Crippen molar-refractivity contribution in [2.24, 2.45) is 23.7 Å². The minimum atomic E-state index is -0.887. The van der Waals surface area contributed by atoms with Gasteiger partial charge in [-0.1, -0.05) is 17.3 Å². The topological polar surface area (TPSA) is 105 Å². The molecule has 6 rings (SSSR count). The van der Waals surface area contributed by atoms with Crippen LogP contribution >= 0.6 is 11.3 Å². The van der Waals surface area contributed by atoms with Crippen molar-refractivity contribution in [1.82, 2.24) is 10.1 Å². The van der Waals surface area contributed by atoms with Gasteiger partial charge >= 0.3 is 5.97 Å². The summed E-state index contributed by atoms with van der Waals surface area (Å²) in [5.74, 6) is -1.43. The first-order valence-corrected chi connectivity index (χ1v) is 11.0. The second kappa shape index (κ2) is 7.09. The molecule has 0 aliphatic heterocycles. The maximum absolute atomic E-state index is 13.3. The molecule has 1 saturated carbocycles. The van der Waals surface area contributed by atoms with Gasteiger partial charge in [-0.05, 0) is 62.8 Å². The molecule has 4 aliphatic rings. The summed E-state index contributed by atoms with van der Waals surface area (Å²) in [7, 11) is 0. The molecule has 0 aromatic carbocycles. The molecule has 2 N–H and O–H groups in total. The number of amides is 1. The van der Waals surface area contributed by atoms with Gasteiger partial charge in [-0.2, -0.15) is 4.98 Å². The summed E-state index contributed by atoms with van der Waals surface area (Å²) in [6.07, 6.45) is 9.82. The van der Waals surface area contributed by atoms with Gasteiger partial charge in [-0.25, -0.2) is 0 Å². The van der Waals surface area contributed by atoms with E-state index in [1.165, 1.54) is 10.4 Å². The summed E-state index contributed by atoms with van der Waals surface area (Å²) in [6, 6.07) is 0. The molecule has 8 heteroatoms. The summed E-state index contributed by atoms with van der Waals surface area (Å²) >= 11 is 1.56. The van der Waals surface area contributed by atoms with Gasteiger partial charge in [-0.3, -0.25) is 9.59 Å². The SMILES string of the molecule is Cc1noc(-c2c(NC(=O)C3C4C=CC(CC4)C3C(=O)O)sc3c2CCCC3)n1. The number of nitrogens with one attached hydrogen (secondary N) is 1. The molecule has 29 heavy (non-hydrogen) atoms. The summed E-state index contributed by atoms with van der Waals surface area (Å²) in [4.78, 5) is 30.9. The Hall–Kier alpha value is -2.48. The van der Waals surface area contributed by atoms with E-state index in [-0.39, 0.29) is 17.7 Å². The van der Waals surface area contributed by atoms with Crippen molar-refractivity contribution in [1.29, 1.82) is 0 Å². The van der Waals surface area contributed by atoms with Crippen LogP contribution in [0.3, 0.4) is 0 Å². The van der Waals surface area contributed by atoms with E-state index < -0.39 is 17.8 Å². The fourth-order valence-corrected chi connectivity index (χ4v) is 6.45. The van der Waals surface area contributed by atoms with Gasteiger partial charge in [-0.15, -0.1) is 11.3 Å². The van der Waals surface area contributed by atoms with E-state index in [1.54, 1.807) is 18.3 Å². The Balaban J connectivity index is 1.50. The van der Waals surface area contributed by atoms with Crippen molar-refractivity contribution in [3.63, 3.8) is 0 Å². The lowest BCUT2D eigenvalue weighted by molar-refractivity contribution is -0.151. The second-order valence-corrected chi connectivity index (χ2v) is 9.34. The molecular formula is C21H23N3O4S. The summed E-state index contributed by atoms with van der Waals surface area (Å²) in [5.41, 5.74) is 2.00. The lowest BCUT2D eigenvalue weighted by Gasteiger charge is -2.41. The number of hydrogen-bond donors (Lipinski definition) is 2. The van der Waals surface area contributed by atoms with Gasteiger partial charge in [0.25, 0.3) is 5.89 Å². The van der Waals surface area contributed by atoms with Crippen LogP contribution in [0.5, 0.6) is 0 Å². The molecule has 4 unspecified atom stereocenters. The zero-order valence-corrected chi connectivity index (χ0v) is 17.0. The average molecular weight is 413 g/mol. The molecule has 0 saturated heterocycles. The molecule has 0 radical (unpaired) electrons. The van der Waals surface area contributed by atoms with E-state index in [1.807, 2.05) is 12.2 Å². The van der Waals surface area contributed by atoms with Crippen LogP contribution in [0.15, 0.2) is 16.7 Å². The highest BCUT2D eigenvalue weighted by Gasteiger charge is 2.48. The first-order valence-electron chi connectivity index (χ1n) is 10.2. The van der Waals surface area contributed by atoms with Gasteiger partial charge < -0.3 is 14.9 Å². The molecule has 4 atom stereocenters. The number of carboxylic acid groups (broad SMARTS) is 1. The van der Waals surface area contributed by atoms with Crippen molar-refractivity contribution in [2.75, 3.05) is 5.32 Å². The molecule has 1 fully saturated rings. The highest BCUT2D eigenvalue weighted by molar-refractivity contribution is 7.17. The fraction of sp³-hybridized carbons (Fsp3) is 0.524. The highest BCUT2D eigenvalue weighted by atomic mass is 32.1. The first kappa shape index (κ1) is 18.5. The quantitative estimate of drug-likeness (QED) is 0.738. The Bertz CT molecular complexity index is 1010. The number of carboxylic acids is 1. The Morgan fingerprint density at radius 3 is 2.55 bits per heavy atom. The number of allylic oxidation sites excluding steroid dienone is 2. The Morgan fingerprint density at radius 2 is 1.90 bits per heavy atom. The molecular weight excluding hydrogens is 390 g/mol. The Labute approximate surface area is 172 Å². The van der Waals surface area contributed by atoms with Crippen LogP contribution in [0, 0.1) is 30.6 Å². The number of hydrogen-bond acceptors (Lipinski definition) is 6. The highest BCUT2D eigenvalue weighted by Crippen LogP contribution is 2.47. The number of aryl methyl sites for hydroxylation is 2. The van der Waals surface area contributed by atoms with E-state index in [9.17, 15) is 14.7 Å². The zero-order chi connectivity index (χ0) is 20.1. The van der Waals surface area contributed by atoms with Gasteiger partial charge in [0.15, 0.2) is 5.82 Å². The maximum Gasteiger partial charge on any atom is 0.307 e. The van der Waals surface area contributed by atoms with Crippen LogP contribution < -0.4 is 5.32 Å². The molecule has 2 aromatic heterocycles. The van der Waals surface area contributed by atoms with Crippen LogP contribution in [0.25, 0.3) is 11.5 Å². The predicted molar refractivity (Wildman–Crippen MR) is 108 cm³/mol. The first-order chi connectivity index (χ1) is 14.0. The third-order valence-electron chi connectivity index (χ3n) is 6.49. The van der Waals surface area contributed by atoms with Gasteiger partial charge in [0, 0.05) is 4.88 Å². The lowest BCUT2D eigenvalue weighted by atomic mass is 9.62. The van der Waals surface area contributed by atoms with Crippen LogP contribution in [-0.4, -0.2) is 27.1 Å². The van der Waals surface area contributed by atoms with Gasteiger partial charge in [0.1, 0.15) is 5.00 Å². The number of fused-ring (bicyclic) bond motifs is 3. The standard InChI is InChI=1S/C21H23N3O4S/c1-10-22-19(28-24-10)17-13-4-2-3-5-14(13)29-20(17)23-18(25)15-11-6-8-12(9-7-11)16(15)21(26)27/h6,8,11-12,15-16H,2-5,7,9H2,1H3,(H,23,25)(H,26,27). The average Bonchev–Trinajstić information content (AvgIpc) is 3.30. The monoisotopic (exact) mass is 413 g/mol. The number of carbonyl (C=O) groups excluding carboxylic acids is 1. The summed E-state index contributed by atoms with van der Waals surface area (Å²) < 4.78 is 5.44. The zero-order valence-electron chi connectivity index (χ0n) is 16.2. The van der Waals surface area contributed by atoms with Crippen molar-refractivity contribution in [3.8, 4) is 11.5 Å². The van der Waals surface area contributed by atoms with E-state index in [0.29, 0.717) is 16.7 Å². The summed E-state index contributed by atoms with van der Waals surface area (Å²) in [5, 5.41) is 17.5. The van der Waals surface area contributed by atoms with Crippen LogP contribution in [-0.2, 0) is 22.4 Å². The normalized spacial score (nSPS) is 27.6.